The summed E-state index contributed by atoms with van der Waals surface area (Å²) in [5.74, 6) is -0.106. The Labute approximate surface area is 176 Å². The van der Waals surface area contributed by atoms with Crippen LogP contribution in [0, 0.1) is 5.92 Å². The van der Waals surface area contributed by atoms with Gasteiger partial charge in [-0.25, -0.2) is 4.98 Å². The van der Waals surface area contributed by atoms with Gasteiger partial charge in [-0.15, -0.1) is 22.7 Å². The molecule has 3 unspecified atom stereocenters. The number of hydrogen-bond donors (Lipinski definition) is 1. The van der Waals surface area contributed by atoms with Crippen molar-refractivity contribution in [3.63, 3.8) is 0 Å². The zero-order valence-electron chi connectivity index (χ0n) is 15.7. The fraction of sp³-hybridized carbons (Fsp3) is 0.500. The van der Waals surface area contributed by atoms with Crippen LogP contribution in [0.15, 0.2) is 22.9 Å². The number of hydrogen-bond acceptors (Lipinski definition) is 7. The van der Waals surface area contributed by atoms with E-state index in [9.17, 15) is 14.4 Å². The van der Waals surface area contributed by atoms with Crippen molar-refractivity contribution in [1.29, 1.82) is 0 Å². The summed E-state index contributed by atoms with van der Waals surface area (Å²) in [7, 11) is 0. The molecule has 7 nitrogen and oxygen atoms in total. The molecule has 5 rings (SSSR count). The lowest BCUT2D eigenvalue weighted by molar-refractivity contribution is -0.138. The number of thiazole rings is 1. The Bertz CT molecular complexity index is 937. The van der Waals surface area contributed by atoms with Crippen molar-refractivity contribution in [2.45, 2.75) is 43.9 Å². The van der Waals surface area contributed by atoms with E-state index in [0.717, 1.165) is 22.7 Å². The van der Waals surface area contributed by atoms with Crippen molar-refractivity contribution in [1.82, 2.24) is 15.2 Å². The minimum atomic E-state index is -0.631. The lowest BCUT2D eigenvalue weighted by atomic mass is 10.1. The molecule has 29 heavy (non-hydrogen) atoms. The number of aromatic nitrogens is 1. The largest absolute Gasteiger partial charge is 0.368 e. The summed E-state index contributed by atoms with van der Waals surface area (Å²) >= 11 is 2.99. The van der Waals surface area contributed by atoms with Gasteiger partial charge in [-0.3, -0.25) is 14.4 Å². The van der Waals surface area contributed by atoms with E-state index in [-0.39, 0.29) is 30.3 Å². The Kier molecular flexibility index (Phi) is 4.97. The van der Waals surface area contributed by atoms with Crippen molar-refractivity contribution in [3.05, 3.63) is 28.6 Å². The predicted molar refractivity (Wildman–Crippen MR) is 109 cm³/mol. The van der Waals surface area contributed by atoms with E-state index in [1.54, 1.807) is 21.6 Å². The number of ether oxygens (including phenoxy) is 1. The Morgan fingerprint density at radius 1 is 1.31 bits per heavy atom. The third kappa shape index (κ3) is 3.74. The highest BCUT2D eigenvalue weighted by atomic mass is 32.1. The second kappa shape index (κ2) is 7.62. The van der Waals surface area contributed by atoms with Gasteiger partial charge >= 0.3 is 0 Å². The number of nitrogens with zero attached hydrogens (tertiary/aromatic N) is 2. The van der Waals surface area contributed by atoms with Gasteiger partial charge < -0.3 is 15.0 Å². The van der Waals surface area contributed by atoms with Gasteiger partial charge in [0.1, 0.15) is 29.4 Å². The topological polar surface area (TPSA) is 88.6 Å². The zero-order valence-corrected chi connectivity index (χ0v) is 17.3. The number of amides is 2. The van der Waals surface area contributed by atoms with Gasteiger partial charge in [-0.05, 0) is 30.2 Å². The number of fused-ring (bicyclic) bond motifs is 1. The van der Waals surface area contributed by atoms with E-state index < -0.39 is 12.1 Å². The van der Waals surface area contributed by atoms with Crippen molar-refractivity contribution in [2.24, 2.45) is 5.92 Å². The molecule has 1 aliphatic carbocycles. The first kappa shape index (κ1) is 18.9. The van der Waals surface area contributed by atoms with E-state index in [0.29, 0.717) is 31.0 Å². The number of nitrogens with one attached hydrogen (secondary N) is 1. The Morgan fingerprint density at radius 2 is 2.17 bits per heavy atom. The van der Waals surface area contributed by atoms with Gasteiger partial charge in [-0.1, -0.05) is 18.9 Å². The quantitative estimate of drug-likeness (QED) is 0.758. The van der Waals surface area contributed by atoms with E-state index >= 15 is 0 Å². The number of rotatable bonds is 6. The van der Waals surface area contributed by atoms with Crippen LogP contribution in [0.3, 0.4) is 0 Å². The van der Waals surface area contributed by atoms with Crippen molar-refractivity contribution < 1.29 is 19.1 Å². The van der Waals surface area contributed by atoms with E-state index in [2.05, 4.69) is 10.3 Å². The molecule has 2 amide bonds. The van der Waals surface area contributed by atoms with Gasteiger partial charge in [0.25, 0.3) is 5.91 Å². The smallest absolute Gasteiger partial charge is 0.271 e. The summed E-state index contributed by atoms with van der Waals surface area (Å²) in [6, 6.07) is 2.79. The van der Waals surface area contributed by atoms with Gasteiger partial charge in [-0.2, -0.15) is 0 Å². The number of carbonyl (C=O) groups is 3. The van der Waals surface area contributed by atoms with Gasteiger partial charge in [0, 0.05) is 11.9 Å². The molecule has 0 radical (unpaired) electrons. The molecule has 2 saturated heterocycles. The molecule has 1 N–H and O–H groups in total. The number of ketones is 1. The second-order valence-electron chi connectivity index (χ2n) is 7.80. The van der Waals surface area contributed by atoms with Gasteiger partial charge in [0.15, 0.2) is 5.78 Å². The van der Waals surface area contributed by atoms with Crippen LogP contribution < -0.4 is 5.32 Å². The highest BCUT2D eigenvalue weighted by molar-refractivity contribution is 7.20. The van der Waals surface area contributed by atoms with Crippen LogP contribution in [0.2, 0.25) is 0 Å². The molecule has 3 aliphatic rings. The molecule has 2 aromatic rings. The number of carbonyl (C=O) groups excluding carboxylic acids is 3. The Balaban J connectivity index is 1.31. The first-order valence-electron chi connectivity index (χ1n) is 9.85. The lowest BCUT2D eigenvalue weighted by Gasteiger charge is -2.27. The molecule has 0 bridgehead atoms. The maximum absolute atomic E-state index is 13.2. The fourth-order valence-corrected chi connectivity index (χ4v) is 5.69. The Morgan fingerprint density at radius 3 is 2.93 bits per heavy atom. The summed E-state index contributed by atoms with van der Waals surface area (Å²) in [5.41, 5.74) is 0.326. The highest BCUT2D eigenvalue weighted by Gasteiger charge is 2.48. The maximum atomic E-state index is 13.2. The summed E-state index contributed by atoms with van der Waals surface area (Å²) in [6.45, 7) is 0.569. The first-order chi connectivity index (χ1) is 14.1. The fourth-order valence-electron chi connectivity index (χ4n) is 4.07. The van der Waals surface area contributed by atoms with Crippen LogP contribution in [-0.4, -0.2) is 58.8 Å². The van der Waals surface area contributed by atoms with E-state index in [1.807, 2.05) is 17.5 Å². The second-order valence-corrected chi connectivity index (χ2v) is 9.61. The van der Waals surface area contributed by atoms with E-state index in [4.69, 9.17) is 4.74 Å². The summed E-state index contributed by atoms with van der Waals surface area (Å²) < 4.78 is 5.49. The van der Waals surface area contributed by atoms with Crippen LogP contribution in [0.5, 0.6) is 0 Å². The minimum Gasteiger partial charge on any atom is -0.368 e. The van der Waals surface area contributed by atoms with Crippen LogP contribution >= 0.6 is 22.7 Å². The third-order valence-corrected chi connectivity index (χ3v) is 7.61. The number of likely N-dealkylation sites (tertiary alicyclic amines) is 1. The van der Waals surface area contributed by atoms with Crippen LogP contribution in [0.1, 0.15) is 36.2 Å². The molecule has 0 aromatic carbocycles. The zero-order chi connectivity index (χ0) is 20.0. The molecule has 2 aromatic heterocycles. The molecule has 3 atom stereocenters. The van der Waals surface area contributed by atoms with Crippen molar-refractivity contribution in [2.75, 3.05) is 13.2 Å². The summed E-state index contributed by atoms with van der Waals surface area (Å²) in [4.78, 5) is 45.3. The van der Waals surface area contributed by atoms with Crippen LogP contribution in [0.4, 0.5) is 0 Å². The van der Waals surface area contributed by atoms with E-state index in [1.165, 1.54) is 11.3 Å². The molecule has 3 fully saturated rings. The molecule has 9 heteroatoms. The minimum absolute atomic E-state index is 0.0440. The average Bonchev–Trinajstić information content (AvgIpc) is 3.18. The van der Waals surface area contributed by atoms with Gasteiger partial charge in [0.2, 0.25) is 5.91 Å². The average molecular weight is 432 g/mol. The van der Waals surface area contributed by atoms with Crippen molar-refractivity contribution in [3.8, 4) is 9.88 Å². The molecule has 4 heterocycles. The molecule has 0 spiro atoms. The summed E-state index contributed by atoms with van der Waals surface area (Å²) in [6.07, 6.45) is 3.23. The Hall–Kier alpha value is -2.10. The molecular weight excluding hydrogens is 410 g/mol. The molecular formula is C20H21N3O4S2. The molecule has 152 valence electrons. The van der Waals surface area contributed by atoms with Crippen LogP contribution in [-0.2, 0) is 14.3 Å². The SMILES string of the molecule is O=C(NC(CC1CC1)C(=O)N1CCC2OCC(=O)C21)c1csc(-c2cccs2)n1. The summed E-state index contributed by atoms with van der Waals surface area (Å²) in [5, 5.41) is 7.39. The lowest BCUT2D eigenvalue weighted by Crippen LogP contribution is -2.52. The predicted octanol–water partition coefficient (Wildman–Crippen LogP) is 2.34. The number of thiophene rings is 1. The van der Waals surface area contributed by atoms with Gasteiger partial charge in [0.05, 0.1) is 11.0 Å². The van der Waals surface area contributed by atoms with Crippen molar-refractivity contribution >= 4 is 40.3 Å². The van der Waals surface area contributed by atoms with Crippen LogP contribution in [0.25, 0.3) is 9.88 Å². The normalized spacial score (nSPS) is 24.6. The monoisotopic (exact) mass is 431 g/mol. The first-order valence-corrected chi connectivity index (χ1v) is 11.6. The third-order valence-electron chi connectivity index (χ3n) is 5.73. The highest BCUT2D eigenvalue weighted by Crippen LogP contribution is 2.35. The maximum Gasteiger partial charge on any atom is 0.271 e. The standard InChI is InChI=1S/C20H21N3O4S2/c24-14-9-27-15-5-6-23(17(14)15)20(26)12(8-11-3-4-11)21-18(25)13-10-29-19(22-13)16-2-1-7-28-16/h1-2,7,10-12,15,17H,3-6,8-9H2,(H,21,25). The molecule has 2 aliphatic heterocycles. The molecule has 1 saturated carbocycles. The number of Topliss-reactive ketones (excluding diaryl/α,β-unsaturated/α-hetero) is 1.